The van der Waals surface area contributed by atoms with Crippen LogP contribution in [0.5, 0.6) is 0 Å². The van der Waals surface area contributed by atoms with Gasteiger partial charge in [-0.05, 0) is 88.4 Å². The number of fused-ring (bicyclic) bond motifs is 5. The molecule has 4 aliphatic carbocycles. The highest BCUT2D eigenvalue weighted by molar-refractivity contribution is 5.26. The Morgan fingerprint density at radius 1 is 1.06 bits per heavy atom. The lowest BCUT2D eigenvalue weighted by molar-refractivity contribution is -0.288. The third-order valence-electron chi connectivity index (χ3n) is 11.0. The maximum Gasteiger partial charge on any atom is 0.161 e. The van der Waals surface area contributed by atoms with Crippen molar-refractivity contribution in [3.8, 4) is 0 Å². The van der Waals surface area contributed by atoms with Gasteiger partial charge in [0.25, 0.3) is 0 Å². The van der Waals surface area contributed by atoms with Crippen molar-refractivity contribution >= 4 is 0 Å². The highest BCUT2D eigenvalue weighted by Crippen LogP contribution is 2.67. The normalized spacial score (nSPS) is 55.2. The lowest BCUT2D eigenvalue weighted by Gasteiger charge is -2.59. The van der Waals surface area contributed by atoms with Crippen molar-refractivity contribution in [2.75, 3.05) is 0 Å². The van der Waals surface area contributed by atoms with Gasteiger partial charge >= 0.3 is 0 Å². The van der Waals surface area contributed by atoms with Crippen LogP contribution >= 0.6 is 0 Å². The van der Waals surface area contributed by atoms with E-state index in [0.717, 1.165) is 51.4 Å². The average molecular weight is 465 g/mol. The van der Waals surface area contributed by atoms with Crippen molar-refractivity contribution in [3.05, 3.63) is 11.6 Å². The number of hydrogen-bond acceptors (Lipinski definition) is 6. The van der Waals surface area contributed by atoms with Gasteiger partial charge in [0.2, 0.25) is 0 Å². The number of allylic oxidation sites excluding steroid dienone is 1. The Hall–Kier alpha value is -0.500. The Morgan fingerprint density at radius 3 is 2.52 bits per heavy atom. The summed E-state index contributed by atoms with van der Waals surface area (Å²) in [5, 5.41) is 42.5. The first kappa shape index (κ1) is 24.2. The molecular weight excluding hydrogens is 420 g/mol. The predicted octanol–water partition coefficient (Wildman–Crippen LogP) is 3.30. The molecule has 4 N–H and O–H groups in total. The molecule has 12 atom stereocenters. The van der Waals surface area contributed by atoms with Crippen molar-refractivity contribution in [3.63, 3.8) is 0 Å². The molecule has 0 aromatic rings. The summed E-state index contributed by atoms with van der Waals surface area (Å²) in [5.41, 5.74) is 0.501. The van der Waals surface area contributed by atoms with Gasteiger partial charge < -0.3 is 29.9 Å². The zero-order valence-electron chi connectivity index (χ0n) is 20.7. The zero-order chi connectivity index (χ0) is 23.8. The molecule has 0 radical (unpaired) electrons. The van der Waals surface area contributed by atoms with Gasteiger partial charge in [-0.3, -0.25) is 0 Å². The molecule has 33 heavy (non-hydrogen) atoms. The molecular formula is C27H44O6. The second-order valence-electron chi connectivity index (χ2n) is 12.4. The largest absolute Gasteiger partial charge is 0.393 e. The maximum absolute atomic E-state index is 12.1. The molecule has 0 spiro atoms. The Kier molecular flexibility index (Phi) is 6.07. The van der Waals surface area contributed by atoms with E-state index in [0.29, 0.717) is 17.8 Å². The highest BCUT2D eigenvalue weighted by atomic mass is 16.7. The number of ether oxygens (including phenoxy) is 2. The SMILES string of the molecule is C[C@H]1O[C@@H](O[C@H](C)[C@@]2(O)CC[C@H]3[C@@H]4CC=C5C[C@@H](O)CC[C@]5(C)[C@H]4CC[C@@]32C)C[C@@H](O)[C@@H]1O. The molecule has 0 bridgehead atoms. The Labute approximate surface area is 198 Å². The van der Waals surface area contributed by atoms with Crippen LogP contribution in [-0.2, 0) is 9.47 Å². The fourth-order valence-electron chi connectivity index (χ4n) is 8.81. The molecule has 5 rings (SSSR count). The Balaban J connectivity index is 1.34. The van der Waals surface area contributed by atoms with E-state index in [2.05, 4.69) is 19.9 Å². The number of aliphatic hydroxyl groups excluding tert-OH is 3. The summed E-state index contributed by atoms with van der Waals surface area (Å²) in [4.78, 5) is 0. The molecule has 0 unspecified atom stereocenters. The van der Waals surface area contributed by atoms with Crippen LogP contribution < -0.4 is 0 Å². The first-order valence-electron chi connectivity index (χ1n) is 13.3. The van der Waals surface area contributed by atoms with E-state index in [1.165, 1.54) is 5.57 Å². The maximum atomic E-state index is 12.1. The van der Waals surface area contributed by atoms with Gasteiger partial charge in [-0.25, -0.2) is 0 Å². The number of rotatable bonds is 3. The van der Waals surface area contributed by atoms with Crippen molar-refractivity contribution in [1.82, 2.24) is 0 Å². The van der Waals surface area contributed by atoms with Crippen molar-refractivity contribution in [2.45, 2.75) is 128 Å². The van der Waals surface area contributed by atoms with Crippen molar-refractivity contribution in [2.24, 2.45) is 28.6 Å². The standard InChI is InChI=1S/C27H44O6/c1-15-24(30)22(29)14-23(32-15)33-16(2)27(31)12-9-21-19-6-5-17-13-18(28)7-10-25(17,3)20(19)8-11-26(21,27)4/h5,15-16,18-24,28-31H,6-14H2,1-4H3/t15-,16-,18+,19-,20+,21+,22-,23+,24-,25+,26+,27+/m1/s1. The van der Waals surface area contributed by atoms with E-state index in [1.807, 2.05) is 6.92 Å². The van der Waals surface area contributed by atoms with Gasteiger partial charge in [0, 0.05) is 11.8 Å². The summed E-state index contributed by atoms with van der Waals surface area (Å²) in [6, 6.07) is 0. The van der Waals surface area contributed by atoms with Gasteiger partial charge in [-0.2, -0.15) is 0 Å². The van der Waals surface area contributed by atoms with Gasteiger partial charge in [0.15, 0.2) is 6.29 Å². The van der Waals surface area contributed by atoms with E-state index in [-0.39, 0.29) is 23.4 Å². The Bertz CT molecular complexity index is 773. The van der Waals surface area contributed by atoms with Crippen LogP contribution in [0.3, 0.4) is 0 Å². The smallest absolute Gasteiger partial charge is 0.161 e. The van der Waals surface area contributed by atoms with Gasteiger partial charge in [0.05, 0.1) is 30.0 Å². The van der Waals surface area contributed by atoms with Crippen LogP contribution in [0.4, 0.5) is 0 Å². The highest BCUT2D eigenvalue weighted by Gasteiger charge is 2.65. The minimum atomic E-state index is -0.941. The van der Waals surface area contributed by atoms with Crippen LogP contribution in [0.1, 0.15) is 85.5 Å². The van der Waals surface area contributed by atoms with Crippen molar-refractivity contribution in [1.29, 1.82) is 0 Å². The number of hydrogen-bond donors (Lipinski definition) is 4. The van der Waals surface area contributed by atoms with E-state index in [4.69, 9.17) is 9.47 Å². The molecule has 4 fully saturated rings. The summed E-state index contributed by atoms with van der Waals surface area (Å²) in [6.45, 7) is 8.40. The van der Waals surface area contributed by atoms with Crippen LogP contribution in [0.25, 0.3) is 0 Å². The minimum absolute atomic E-state index is 0.186. The van der Waals surface area contributed by atoms with Gasteiger partial charge in [0.1, 0.15) is 6.10 Å². The van der Waals surface area contributed by atoms with Crippen molar-refractivity contribution < 1.29 is 29.9 Å². The van der Waals surface area contributed by atoms with Gasteiger partial charge in [-0.15, -0.1) is 0 Å². The fraction of sp³-hybridized carbons (Fsp3) is 0.926. The van der Waals surface area contributed by atoms with Crippen LogP contribution in [0.2, 0.25) is 0 Å². The summed E-state index contributed by atoms with van der Waals surface area (Å²) in [5.74, 6) is 1.64. The summed E-state index contributed by atoms with van der Waals surface area (Å²) < 4.78 is 12.1. The number of aliphatic hydroxyl groups is 4. The lowest BCUT2D eigenvalue weighted by Crippen LogP contribution is -2.59. The molecule has 0 amide bonds. The first-order chi connectivity index (χ1) is 15.5. The third kappa shape index (κ3) is 3.58. The average Bonchev–Trinajstić information content (AvgIpc) is 3.04. The molecule has 6 heteroatoms. The third-order valence-corrected chi connectivity index (χ3v) is 11.0. The van der Waals surface area contributed by atoms with Crippen LogP contribution in [0.15, 0.2) is 11.6 Å². The zero-order valence-corrected chi connectivity index (χ0v) is 20.7. The van der Waals surface area contributed by atoms with Crippen LogP contribution in [-0.4, -0.2) is 62.8 Å². The minimum Gasteiger partial charge on any atom is -0.393 e. The molecule has 188 valence electrons. The van der Waals surface area contributed by atoms with Gasteiger partial charge in [-0.1, -0.05) is 25.5 Å². The molecule has 1 aliphatic heterocycles. The second-order valence-corrected chi connectivity index (χ2v) is 12.4. The van der Waals surface area contributed by atoms with E-state index in [9.17, 15) is 20.4 Å². The second kappa shape index (κ2) is 8.28. The van der Waals surface area contributed by atoms with E-state index >= 15 is 0 Å². The van der Waals surface area contributed by atoms with E-state index in [1.54, 1.807) is 6.92 Å². The van der Waals surface area contributed by atoms with Crippen LogP contribution in [0, 0.1) is 28.6 Å². The first-order valence-corrected chi connectivity index (χ1v) is 13.3. The summed E-state index contributed by atoms with van der Waals surface area (Å²) in [7, 11) is 0. The molecule has 1 saturated heterocycles. The summed E-state index contributed by atoms with van der Waals surface area (Å²) >= 11 is 0. The molecule has 3 saturated carbocycles. The molecule has 1 heterocycles. The topological polar surface area (TPSA) is 99.4 Å². The van der Waals surface area contributed by atoms with E-state index < -0.39 is 36.3 Å². The molecule has 0 aromatic carbocycles. The molecule has 0 aromatic heterocycles. The summed E-state index contributed by atoms with van der Waals surface area (Å²) in [6.07, 6.45) is 6.81. The quantitative estimate of drug-likeness (QED) is 0.479. The molecule has 5 aliphatic rings. The Morgan fingerprint density at radius 2 is 1.79 bits per heavy atom. The predicted molar refractivity (Wildman–Crippen MR) is 124 cm³/mol. The lowest BCUT2D eigenvalue weighted by atomic mass is 9.46. The monoisotopic (exact) mass is 464 g/mol. The fourth-order valence-corrected chi connectivity index (χ4v) is 8.81. The molecule has 6 nitrogen and oxygen atoms in total.